The van der Waals surface area contributed by atoms with Crippen molar-refractivity contribution in [1.29, 1.82) is 0 Å². The van der Waals surface area contributed by atoms with E-state index in [4.69, 9.17) is 4.55 Å². The summed E-state index contributed by atoms with van der Waals surface area (Å²) in [5.74, 6) is 0. The minimum Gasteiger partial charge on any atom is -0.282 e. The van der Waals surface area contributed by atoms with Crippen LogP contribution in [0.3, 0.4) is 0 Å². The first-order valence-corrected chi connectivity index (χ1v) is 9.70. The van der Waals surface area contributed by atoms with E-state index in [0.717, 1.165) is 11.8 Å². The van der Waals surface area contributed by atoms with Crippen molar-refractivity contribution in [1.82, 2.24) is 0 Å². The molecule has 0 spiro atoms. The van der Waals surface area contributed by atoms with Gasteiger partial charge in [-0.25, -0.2) is 0 Å². The molecule has 0 heterocycles. The molecule has 24 heavy (non-hydrogen) atoms. The van der Waals surface area contributed by atoms with Crippen LogP contribution in [-0.2, 0) is 29.7 Å². The molecule has 2 rings (SSSR count). The molecule has 0 aliphatic heterocycles. The molecule has 0 atom stereocenters. The molecule has 0 unspecified atom stereocenters. The Hall–Kier alpha value is -1.81. The molecule has 0 bridgehead atoms. The lowest BCUT2D eigenvalue weighted by Crippen LogP contribution is -2.02. The molecular formula is C13H10O8S3. The average Bonchev–Trinajstić information content (AvgIpc) is 2.44. The lowest BCUT2D eigenvalue weighted by molar-refractivity contribution is -0.135. The van der Waals surface area contributed by atoms with Gasteiger partial charge in [0.15, 0.2) is 6.11 Å². The topological polar surface area (TPSA) is 127 Å². The molecule has 0 saturated heterocycles. The lowest BCUT2D eigenvalue weighted by Gasteiger charge is -2.08. The van der Waals surface area contributed by atoms with E-state index >= 15 is 0 Å². The predicted octanol–water partition coefficient (Wildman–Crippen LogP) is 2.16. The molecule has 128 valence electrons. The maximum Gasteiger partial charge on any atom is 0.433 e. The Morgan fingerprint density at radius 1 is 1.08 bits per heavy atom. The van der Waals surface area contributed by atoms with Gasteiger partial charge in [-0.3, -0.25) is 14.0 Å². The first kappa shape index (κ1) is 18.5. The summed E-state index contributed by atoms with van der Waals surface area (Å²) >= 11 is 0.949. The van der Waals surface area contributed by atoms with Crippen molar-refractivity contribution < 1.29 is 35.2 Å². The highest BCUT2D eigenvalue weighted by Gasteiger charge is 2.17. The van der Waals surface area contributed by atoms with E-state index in [-0.39, 0.29) is 4.90 Å². The minimum atomic E-state index is -4.74. The van der Waals surface area contributed by atoms with Gasteiger partial charge >= 0.3 is 10.4 Å². The number of aryl methyl sites for hydroxylation is 1. The average molecular weight is 390 g/mol. The van der Waals surface area contributed by atoms with Crippen molar-refractivity contribution in [3.05, 3.63) is 35.9 Å². The van der Waals surface area contributed by atoms with Crippen molar-refractivity contribution >= 4 is 43.1 Å². The molecule has 0 fully saturated rings. The van der Waals surface area contributed by atoms with Gasteiger partial charge in [-0.15, -0.1) is 0 Å². The van der Waals surface area contributed by atoms with Gasteiger partial charge in [-0.05, 0) is 46.1 Å². The van der Waals surface area contributed by atoms with Gasteiger partial charge < -0.3 is 0 Å². The highest BCUT2D eigenvalue weighted by molar-refractivity contribution is 8.04. The second-order valence-corrected chi connectivity index (χ2v) is 7.68. The monoisotopic (exact) mass is 390 g/mol. The van der Waals surface area contributed by atoms with Gasteiger partial charge in [-0.2, -0.15) is 16.8 Å². The van der Waals surface area contributed by atoms with Crippen molar-refractivity contribution in [2.24, 2.45) is 0 Å². The maximum absolute atomic E-state index is 11.5. The zero-order valence-electron chi connectivity index (χ0n) is 12.0. The predicted molar refractivity (Wildman–Crippen MR) is 85.9 cm³/mol. The highest BCUT2D eigenvalue weighted by atomic mass is 32.3. The second-order valence-electron chi connectivity index (χ2n) is 4.45. The SMILES string of the molecule is Cc1ccc2cc(SC#COOS(=O)(=O)O)ccc2c1S(=O)(=O)O. The van der Waals surface area contributed by atoms with E-state index in [2.05, 4.69) is 14.5 Å². The van der Waals surface area contributed by atoms with E-state index in [1.54, 1.807) is 31.2 Å². The summed E-state index contributed by atoms with van der Waals surface area (Å²) in [4.78, 5) is 4.40. The molecule has 2 N–H and O–H groups in total. The Morgan fingerprint density at radius 3 is 2.42 bits per heavy atom. The third-order valence-electron chi connectivity index (χ3n) is 2.77. The Bertz CT molecular complexity index is 1050. The Labute approximate surface area is 142 Å². The molecular weight excluding hydrogens is 380 g/mol. The fourth-order valence-electron chi connectivity index (χ4n) is 1.95. The number of hydrogen-bond donors (Lipinski definition) is 2. The normalized spacial score (nSPS) is 11.8. The highest BCUT2D eigenvalue weighted by Crippen LogP contribution is 2.29. The fourth-order valence-corrected chi connectivity index (χ4v) is 3.53. The van der Waals surface area contributed by atoms with Crippen LogP contribution in [-0.4, -0.2) is 25.9 Å². The molecule has 8 nitrogen and oxygen atoms in total. The van der Waals surface area contributed by atoms with Crippen molar-refractivity contribution in [3.63, 3.8) is 0 Å². The number of fused-ring (bicyclic) bond motifs is 1. The number of rotatable bonds is 4. The number of thioether (sulfide) groups is 1. The third kappa shape index (κ3) is 4.84. The quantitative estimate of drug-likeness (QED) is 0.265. The van der Waals surface area contributed by atoms with Crippen LogP contribution in [0.25, 0.3) is 10.8 Å². The summed E-state index contributed by atoms with van der Waals surface area (Å²) in [6, 6.07) is 7.97. The third-order valence-corrected chi connectivity index (χ3v) is 4.74. The van der Waals surface area contributed by atoms with Gasteiger partial charge in [0.25, 0.3) is 10.1 Å². The van der Waals surface area contributed by atoms with E-state index in [1.807, 2.05) is 6.11 Å². The van der Waals surface area contributed by atoms with Crippen LogP contribution in [0.1, 0.15) is 5.56 Å². The first-order valence-electron chi connectivity index (χ1n) is 6.08. The summed E-state index contributed by atoms with van der Waals surface area (Å²) in [6.45, 7) is 1.57. The summed E-state index contributed by atoms with van der Waals surface area (Å²) in [5, 5.41) is 3.30. The second kappa shape index (κ2) is 6.98. The zero-order valence-corrected chi connectivity index (χ0v) is 14.4. The van der Waals surface area contributed by atoms with Crippen LogP contribution in [0.2, 0.25) is 0 Å². The van der Waals surface area contributed by atoms with Crippen LogP contribution in [0, 0.1) is 18.3 Å². The molecule has 0 amide bonds. The van der Waals surface area contributed by atoms with E-state index in [9.17, 15) is 21.4 Å². The fraction of sp³-hybridized carbons (Fsp3) is 0.0769. The number of hydrogen-bond acceptors (Lipinski definition) is 7. The molecule has 0 aliphatic rings. The van der Waals surface area contributed by atoms with E-state index in [1.165, 1.54) is 6.07 Å². The molecule has 0 aliphatic carbocycles. The number of benzene rings is 2. The van der Waals surface area contributed by atoms with Crippen LogP contribution >= 0.6 is 11.8 Å². The van der Waals surface area contributed by atoms with Crippen LogP contribution in [0.4, 0.5) is 0 Å². The van der Waals surface area contributed by atoms with Crippen molar-refractivity contribution in [3.8, 4) is 11.4 Å². The standard InChI is InChI=1S/C13H10O8S3/c1-9-2-3-10-8-11(22-7-6-20-21-24(17,18)19)4-5-12(10)13(9)23(14,15)16/h2-5,8H,1H3,(H,14,15,16)(H,17,18,19). The maximum atomic E-state index is 11.5. The van der Waals surface area contributed by atoms with Gasteiger partial charge in [0, 0.05) is 15.5 Å². The summed E-state index contributed by atoms with van der Waals surface area (Å²) < 4.78 is 64.6. The summed E-state index contributed by atoms with van der Waals surface area (Å²) in [6.07, 6.45) is 1.90. The van der Waals surface area contributed by atoms with Gasteiger partial charge in [0.1, 0.15) is 4.90 Å². The largest absolute Gasteiger partial charge is 0.433 e. The van der Waals surface area contributed by atoms with Gasteiger partial charge in [0.05, 0.1) is 0 Å². The Kier molecular flexibility index (Phi) is 5.38. The molecule has 0 radical (unpaired) electrons. The Balaban J connectivity index is 2.28. The van der Waals surface area contributed by atoms with Crippen LogP contribution in [0.15, 0.2) is 40.1 Å². The van der Waals surface area contributed by atoms with Crippen molar-refractivity contribution in [2.45, 2.75) is 16.7 Å². The summed E-state index contributed by atoms with van der Waals surface area (Å²) in [5.41, 5.74) is 0.418. The molecule has 0 aromatic heterocycles. The molecule has 2 aromatic carbocycles. The lowest BCUT2D eigenvalue weighted by atomic mass is 10.1. The zero-order chi connectivity index (χ0) is 18.0. The van der Waals surface area contributed by atoms with Crippen LogP contribution in [0.5, 0.6) is 0 Å². The smallest absolute Gasteiger partial charge is 0.282 e. The van der Waals surface area contributed by atoms with Crippen LogP contribution < -0.4 is 0 Å². The Morgan fingerprint density at radius 2 is 1.79 bits per heavy atom. The molecule has 11 heteroatoms. The summed E-state index contributed by atoms with van der Waals surface area (Å²) in [7, 11) is -9.10. The van der Waals surface area contributed by atoms with E-state index < -0.39 is 20.5 Å². The van der Waals surface area contributed by atoms with Gasteiger partial charge in [0.2, 0.25) is 0 Å². The van der Waals surface area contributed by atoms with Gasteiger partial charge in [-0.1, -0.05) is 18.2 Å². The minimum absolute atomic E-state index is 0.160. The molecule has 0 saturated carbocycles. The first-order chi connectivity index (χ1) is 11.1. The molecule has 2 aromatic rings. The van der Waals surface area contributed by atoms with Crippen molar-refractivity contribution in [2.75, 3.05) is 0 Å². The van der Waals surface area contributed by atoms with E-state index in [0.29, 0.717) is 21.2 Å².